The number of nitrogens with one attached hydrogen (secondary N) is 1. The minimum absolute atomic E-state index is 0.425. The summed E-state index contributed by atoms with van der Waals surface area (Å²) in [5, 5.41) is 17.3. The van der Waals surface area contributed by atoms with Crippen LogP contribution >= 0.6 is 0 Å². The highest BCUT2D eigenvalue weighted by molar-refractivity contribution is 5.51. The van der Waals surface area contributed by atoms with Crippen molar-refractivity contribution < 1.29 is 0 Å². The number of hydrogen-bond acceptors (Lipinski definition) is 3. The fourth-order valence-corrected chi connectivity index (χ4v) is 2.24. The Hall–Kier alpha value is -2.12. The third-order valence-corrected chi connectivity index (χ3v) is 3.78. The summed E-state index contributed by atoms with van der Waals surface area (Å²) in [7, 11) is 0. The van der Waals surface area contributed by atoms with E-state index in [2.05, 4.69) is 43.3 Å². The van der Waals surface area contributed by atoms with Crippen molar-refractivity contribution in [2.45, 2.75) is 47.2 Å². The molecule has 0 radical (unpaired) electrons. The second-order valence-corrected chi connectivity index (χ2v) is 5.71. The summed E-state index contributed by atoms with van der Waals surface area (Å²) in [6.07, 6.45) is 0. The highest BCUT2D eigenvalue weighted by Crippen LogP contribution is 2.21. The van der Waals surface area contributed by atoms with Crippen LogP contribution in [0.2, 0.25) is 0 Å². The maximum Gasteiger partial charge on any atom is 0.101 e. The van der Waals surface area contributed by atoms with Crippen molar-refractivity contribution >= 4 is 0 Å². The summed E-state index contributed by atoms with van der Waals surface area (Å²) < 4.78 is 1.86. The first-order valence-electron chi connectivity index (χ1n) is 7.23. The summed E-state index contributed by atoms with van der Waals surface area (Å²) in [6.45, 7) is 11.1. The van der Waals surface area contributed by atoms with Gasteiger partial charge in [-0.25, -0.2) is 4.68 Å². The molecule has 0 saturated heterocycles. The standard InChI is InChI=1S/C17H22N4/c1-11(2)19-10-15-6-7-17(16(8-15)9-18)21-14(5)12(3)13(4)20-21/h6-8,11,19H,10H2,1-5H3. The van der Waals surface area contributed by atoms with Crippen molar-refractivity contribution in [3.8, 4) is 11.8 Å². The lowest BCUT2D eigenvalue weighted by atomic mass is 10.1. The predicted octanol–water partition coefficient (Wildman–Crippen LogP) is 3.17. The first kappa shape index (κ1) is 15.3. The molecule has 110 valence electrons. The smallest absolute Gasteiger partial charge is 0.101 e. The zero-order chi connectivity index (χ0) is 15.6. The third-order valence-electron chi connectivity index (χ3n) is 3.78. The monoisotopic (exact) mass is 282 g/mol. The van der Waals surface area contributed by atoms with E-state index in [0.717, 1.165) is 29.2 Å². The van der Waals surface area contributed by atoms with Crippen LogP contribution in [0.4, 0.5) is 0 Å². The van der Waals surface area contributed by atoms with Gasteiger partial charge in [-0.1, -0.05) is 19.9 Å². The number of nitriles is 1. The van der Waals surface area contributed by atoms with Crippen LogP contribution < -0.4 is 5.32 Å². The second-order valence-electron chi connectivity index (χ2n) is 5.71. The highest BCUT2D eigenvalue weighted by Gasteiger charge is 2.12. The minimum atomic E-state index is 0.425. The van der Waals surface area contributed by atoms with E-state index in [1.807, 2.05) is 30.7 Å². The Bertz CT molecular complexity index is 690. The van der Waals surface area contributed by atoms with Gasteiger partial charge in [-0.2, -0.15) is 10.4 Å². The molecule has 4 nitrogen and oxygen atoms in total. The Morgan fingerprint density at radius 2 is 2.00 bits per heavy atom. The van der Waals surface area contributed by atoms with Crippen molar-refractivity contribution in [3.05, 3.63) is 46.3 Å². The van der Waals surface area contributed by atoms with Gasteiger partial charge in [-0.15, -0.1) is 0 Å². The molecule has 0 unspecified atom stereocenters. The van der Waals surface area contributed by atoms with Crippen LogP contribution in [0.1, 0.15) is 41.9 Å². The number of rotatable bonds is 4. The molecule has 0 spiro atoms. The van der Waals surface area contributed by atoms with Crippen molar-refractivity contribution in [2.75, 3.05) is 0 Å². The predicted molar refractivity (Wildman–Crippen MR) is 84.5 cm³/mol. The quantitative estimate of drug-likeness (QED) is 0.937. The van der Waals surface area contributed by atoms with E-state index >= 15 is 0 Å². The highest BCUT2D eigenvalue weighted by atomic mass is 15.3. The van der Waals surface area contributed by atoms with Crippen molar-refractivity contribution in [1.82, 2.24) is 15.1 Å². The van der Waals surface area contributed by atoms with Gasteiger partial charge in [0, 0.05) is 18.3 Å². The minimum Gasteiger partial charge on any atom is -0.310 e. The van der Waals surface area contributed by atoms with Gasteiger partial charge in [0.15, 0.2) is 0 Å². The Balaban J connectivity index is 2.41. The molecule has 21 heavy (non-hydrogen) atoms. The molecule has 2 rings (SSSR count). The second kappa shape index (κ2) is 6.11. The molecule has 0 bridgehead atoms. The zero-order valence-corrected chi connectivity index (χ0v) is 13.4. The summed E-state index contributed by atoms with van der Waals surface area (Å²) in [5.74, 6) is 0. The van der Waals surface area contributed by atoms with E-state index < -0.39 is 0 Å². The summed E-state index contributed by atoms with van der Waals surface area (Å²) >= 11 is 0. The van der Waals surface area contributed by atoms with Gasteiger partial charge in [-0.05, 0) is 44.0 Å². The van der Waals surface area contributed by atoms with Gasteiger partial charge in [-0.3, -0.25) is 0 Å². The van der Waals surface area contributed by atoms with Crippen LogP contribution in [0.25, 0.3) is 5.69 Å². The Morgan fingerprint density at radius 3 is 2.52 bits per heavy atom. The van der Waals surface area contributed by atoms with E-state index in [4.69, 9.17) is 0 Å². The fraction of sp³-hybridized carbons (Fsp3) is 0.412. The molecule has 0 fully saturated rings. The molecular formula is C17H22N4. The fourth-order valence-electron chi connectivity index (χ4n) is 2.24. The lowest BCUT2D eigenvalue weighted by molar-refractivity contribution is 0.588. The molecule has 1 aromatic heterocycles. The molecule has 0 atom stereocenters. The molecule has 0 saturated carbocycles. The van der Waals surface area contributed by atoms with E-state index in [9.17, 15) is 5.26 Å². The SMILES string of the molecule is Cc1nn(-c2ccc(CNC(C)C)cc2C#N)c(C)c1C. The number of aromatic nitrogens is 2. The molecule has 0 amide bonds. The molecule has 0 aliphatic carbocycles. The van der Waals surface area contributed by atoms with Gasteiger partial charge in [0.2, 0.25) is 0 Å². The first-order chi connectivity index (χ1) is 9.93. The maximum absolute atomic E-state index is 9.44. The molecule has 1 heterocycles. The number of hydrogen-bond donors (Lipinski definition) is 1. The molecular weight excluding hydrogens is 260 g/mol. The van der Waals surface area contributed by atoms with Gasteiger partial charge in [0.1, 0.15) is 6.07 Å². The van der Waals surface area contributed by atoms with Crippen LogP contribution in [0.15, 0.2) is 18.2 Å². The number of aryl methyl sites for hydroxylation is 1. The molecule has 4 heteroatoms. The molecule has 2 aromatic rings. The summed E-state index contributed by atoms with van der Waals surface area (Å²) in [5.41, 5.74) is 5.87. The first-order valence-corrected chi connectivity index (χ1v) is 7.23. The average Bonchev–Trinajstić information content (AvgIpc) is 2.72. The van der Waals surface area contributed by atoms with Crippen molar-refractivity contribution in [2.24, 2.45) is 0 Å². The van der Waals surface area contributed by atoms with E-state index in [0.29, 0.717) is 11.6 Å². The third kappa shape index (κ3) is 3.14. The van der Waals surface area contributed by atoms with Gasteiger partial charge >= 0.3 is 0 Å². The molecule has 1 aromatic carbocycles. The van der Waals surface area contributed by atoms with E-state index in [-0.39, 0.29) is 0 Å². The van der Waals surface area contributed by atoms with Gasteiger partial charge < -0.3 is 5.32 Å². The van der Waals surface area contributed by atoms with E-state index in [1.54, 1.807) is 0 Å². The van der Waals surface area contributed by atoms with Crippen LogP contribution in [-0.4, -0.2) is 15.8 Å². The topological polar surface area (TPSA) is 53.6 Å². The van der Waals surface area contributed by atoms with Crippen molar-refractivity contribution in [1.29, 1.82) is 5.26 Å². The Kier molecular flexibility index (Phi) is 4.44. The normalized spacial score (nSPS) is 10.9. The Labute approximate surface area is 126 Å². The lowest BCUT2D eigenvalue weighted by Gasteiger charge is -2.11. The van der Waals surface area contributed by atoms with Crippen LogP contribution in [0, 0.1) is 32.1 Å². The average molecular weight is 282 g/mol. The number of nitrogens with zero attached hydrogens (tertiary/aromatic N) is 3. The van der Waals surface area contributed by atoms with Crippen molar-refractivity contribution in [3.63, 3.8) is 0 Å². The van der Waals surface area contributed by atoms with Crippen LogP contribution in [0.5, 0.6) is 0 Å². The van der Waals surface area contributed by atoms with Gasteiger partial charge in [0.05, 0.1) is 16.9 Å². The van der Waals surface area contributed by atoms with Gasteiger partial charge in [0.25, 0.3) is 0 Å². The summed E-state index contributed by atoms with van der Waals surface area (Å²) in [4.78, 5) is 0. The lowest BCUT2D eigenvalue weighted by Crippen LogP contribution is -2.21. The largest absolute Gasteiger partial charge is 0.310 e. The molecule has 1 N–H and O–H groups in total. The van der Waals surface area contributed by atoms with Crippen LogP contribution in [-0.2, 0) is 6.54 Å². The molecule has 0 aliphatic rings. The van der Waals surface area contributed by atoms with E-state index in [1.165, 1.54) is 5.56 Å². The maximum atomic E-state index is 9.44. The number of benzene rings is 1. The van der Waals surface area contributed by atoms with Crippen LogP contribution in [0.3, 0.4) is 0 Å². The zero-order valence-electron chi connectivity index (χ0n) is 13.4. The summed E-state index contributed by atoms with van der Waals surface area (Å²) in [6, 6.07) is 8.69. The molecule has 0 aliphatic heterocycles. The Morgan fingerprint density at radius 1 is 1.29 bits per heavy atom.